The Balaban J connectivity index is 2.05. The number of hydrogen-bond donors (Lipinski definition) is 2. The lowest BCUT2D eigenvalue weighted by molar-refractivity contribution is -0.117. The first kappa shape index (κ1) is 17.2. The van der Waals surface area contributed by atoms with E-state index in [0.717, 1.165) is 17.0 Å². The molecule has 0 aliphatic heterocycles. The normalized spacial score (nSPS) is 12.6. The van der Waals surface area contributed by atoms with Gasteiger partial charge in [0.05, 0.1) is 15.2 Å². The van der Waals surface area contributed by atoms with E-state index in [1.807, 2.05) is 12.1 Å². The molecule has 122 valence electrons. The van der Waals surface area contributed by atoms with Crippen molar-refractivity contribution in [1.29, 1.82) is 0 Å². The van der Waals surface area contributed by atoms with Crippen LogP contribution in [0.4, 0.5) is 5.69 Å². The van der Waals surface area contributed by atoms with Crippen molar-refractivity contribution in [3.8, 4) is 5.75 Å². The molecule has 2 rings (SSSR count). The third-order valence-electron chi connectivity index (χ3n) is 3.78. The van der Waals surface area contributed by atoms with Crippen molar-refractivity contribution in [2.45, 2.75) is 25.7 Å². The lowest BCUT2D eigenvalue weighted by Crippen LogP contribution is -2.37. The van der Waals surface area contributed by atoms with E-state index in [-0.39, 0.29) is 5.91 Å². The number of carbonyl (C=O) groups is 1. The van der Waals surface area contributed by atoms with Crippen LogP contribution in [-0.4, -0.2) is 21.1 Å². The topological polar surface area (TPSA) is 64.3 Å². The number of ether oxygens (including phenoxy) is 1. The van der Waals surface area contributed by atoms with Crippen molar-refractivity contribution < 1.29 is 9.53 Å². The predicted octanol–water partition coefficient (Wildman–Crippen LogP) is 2.88. The molecule has 1 amide bonds. The molecule has 0 aliphatic rings. The zero-order valence-corrected chi connectivity index (χ0v) is 15.1. The number of rotatable bonds is 5. The van der Waals surface area contributed by atoms with Crippen molar-refractivity contribution in [1.82, 2.24) is 0 Å². The number of nitrogens with one attached hydrogen (secondary N) is 1. The molecule has 23 heavy (non-hydrogen) atoms. The van der Waals surface area contributed by atoms with E-state index in [4.69, 9.17) is 10.5 Å². The number of anilines is 1. The highest BCUT2D eigenvalue weighted by Crippen LogP contribution is 2.18. The van der Waals surface area contributed by atoms with Gasteiger partial charge in [-0.25, -0.2) is 0 Å². The third-order valence-corrected chi connectivity index (χ3v) is 5.84. The second-order valence-corrected chi connectivity index (χ2v) is 11.6. The zero-order chi connectivity index (χ0) is 17.0. The molecule has 0 radical (unpaired) electrons. The Morgan fingerprint density at radius 3 is 2.09 bits per heavy atom. The van der Waals surface area contributed by atoms with Crippen LogP contribution in [0.25, 0.3) is 0 Å². The highest BCUT2D eigenvalue weighted by molar-refractivity contribution is 6.88. The Bertz CT molecular complexity index is 661. The maximum Gasteiger partial charge on any atom is 0.245 e. The van der Waals surface area contributed by atoms with Crippen LogP contribution < -0.4 is 21.0 Å². The molecule has 0 aromatic heterocycles. The third kappa shape index (κ3) is 4.43. The van der Waals surface area contributed by atoms with Gasteiger partial charge in [0.2, 0.25) is 5.91 Å². The van der Waals surface area contributed by atoms with Gasteiger partial charge in [0.1, 0.15) is 11.8 Å². The van der Waals surface area contributed by atoms with Crippen LogP contribution in [0.1, 0.15) is 11.6 Å². The van der Waals surface area contributed by atoms with E-state index in [0.29, 0.717) is 0 Å². The molecule has 0 spiro atoms. The predicted molar refractivity (Wildman–Crippen MR) is 98.0 cm³/mol. The van der Waals surface area contributed by atoms with Gasteiger partial charge < -0.3 is 15.8 Å². The summed E-state index contributed by atoms with van der Waals surface area (Å²) in [4.78, 5) is 12.3. The Morgan fingerprint density at radius 2 is 1.61 bits per heavy atom. The second-order valence-electron chi connectivity index (χ2n) is 6.57. The van der Waals surface area contributed by atoms with Crippen LogP contribution in [0.3, 0.4) is 0 Å². The summed E-state index contributed by atoms with van der Waals surface area (Å²) in [5.41, 5.74) is 7.55. The van der Waals surface area contributed by atoms with Gasteiger partial charge in [-0.05, 0) is 29.8 Å². The van der Waals surface area contributed by atoms with Gasteiger partial charge in [-0.3, -0.25) is 4.79 Å². The van der Waals surface area contributed by atoms with Crippen molar-refractivity contribution in [3.63, 3.8) is 0 Å². The summed E-state index contributed by atoms with van der Waals surface area (Å²) >= 11 is 0. The quantitative estimate of drug-likeness (QED) is 0.830. The Kier molecular flexibility index (Phi) is 5.23. The minimum atomic E-state index is -1.33. The van der Waals surface area contributed by atoms with Crippen LogP contribution in [0.15, 0.2) is 48.5 Å². The fraction of sp³-hybridized carbons (Fsp3) is 0.278. The maximum absolute atomic E-state index is 12.3. The largest absolute Gasteiger partial charge is 0.497 e. The molecule has 0 bridgehead atoms. The lowest BCUT2D eigenvalue weighted by atomic mass is 10.1. The summed E-state index contributed by atoms with van der Waals surface area (Å²) in [5.74, 6) is 0.513. The molecule has 0 unspecified atom stereocenters. The van der Waals surface area contributed by atoms with Gasteiger partial charge in [-0.1, -0.05) is 49.1 Å². The SMILES string of the molecule is COc1ccc([C@@H](N)C(=O)Nc2ccc([Si](C)(C)C)cc2)cc1. The summed E-state index contributed by atoms with van der Waals surface area (Å²) in [7, 11) is 0.274. The molecule has 0 heterocycles. The molecule has 0 fully saturated rings. The van der Waals surface area contributed by atoms with E-state index >= 15 is 0 Å². The number of hydrogen-bond acceptors (Lipinski definition) is 3. The fourth-order valence-corrected chi connectivity index (χ4v) is 3.40. The molecule has 3 N–H and O–H groups in total. The van der Waals surface area contributed by atoms with Crippen molar-refractivity contribution >= 4 is 24.9 Å². The van der Waals surface area contributed by atoms with E-state index in [1.165, 1.54) is 5.19 Å². The van der Waals surface area contributed by atoms with E-state index in [1.54, 1.807) is 31.4 Å². The van der Waals surface area contributed by atoms with Gasteiger partial charge in [0.15, 0.2) is 0 Å². The minimum Gasteiger partial charge on any atom is -0.497 e. The highest BCUT2D eigenvalue weighted by Gasteiger charge is 2.18. The Morgan fingerprint density at radius 1 is 1.04 bits per heavy atom. The first-order chi connectivity index (χ1) is 10.8. The van der Waals surface area contributed by atoms with Crippen molar-refractivity contribution in [3.05, 3.63) is 54.1 Å². The minimum absolute atomic E-state index is 0.226. The van der Waals surface area contributed by atoms with Crippen molar-refractivity contribution in [2.24, 2.45) is 5.73 Å². The Labute approximate surface area is 138 Å². The number of benzene rings is 2. The first-order valence-electron chi connectivity index (χ1n) is 7.62. The van der Waals surface area contributed by atoms with Crippen LogP contribution in [0, 0.1) is 0 Å². The van der Waals surface area contributed by atoms with E-state index in [2.05, 4.69) is 37.1 Å². The number of nitrogens with two attached hydrogens (primary N) is 1. The van der Waals surface area contributed by atoms with Gasteiger partial charge in [0.25, 0.3) is 0 Å². The summed E-state index contributed by atoms with van der Waals surface area (Å²) in [5, 5.41) is 4.22. The zero-order valence-electron chi connectivity index (χ0n) is 14.1. The lowest BCUT2D eigenvalue weighted by Gasteiger charge is -2.17. The molecule has 0 saturated heterocycles. The van der Waals surface area contributed by atoms with E-state index < -0.39 is 14.1 Å². The molecule has 0 saturated carbocycles. The average Bonchev–Trinajstić information content (AvgIpc) is 2.54. The number of methoxy groups -OCH3 is 1. The summed E-state index contributed by atoms with van der Waals surface area (Å²) in [6.45, 7) is 6.88. The van der Waals surface area contributed by atoms with Crippen LogP contribution in [0.5, 0.6) is 5.75 Å². The van der Waals surface area contributed by atoms with Crippen LogP contribution in [0.2, 0.25) is 19.6 Å². The van der Waals surface area contributed by atoms with Gasteiger partial charge in [-0.15, -0.1) is 0 Å². The molecular weight excluding hydrogens is 304 g/mol. The second kappa shape index (κ2) is 6.98. The molecule has 0 aliphatic carbocycles. The smallest absolute Gasteiger partial charge is 0.245 e. The van der Waals surface area contributed by atoms with Crippen molar-refractivity contribution in [2.75, 3.05) is 12.4 Å². The molecule has 2 aromatic rings. The molecule has 4 nitrogen and oxygen atoms in total. The number of amides is 1. The van der Waals surface area contributed by atoms with Crippen LogP contribution >= 0.6 is 0 Å². The molecular formula is C18H24N2O2Si. The number of carbonyl (C=O) groups excluding carboxylic acids is 1. The monoisotopic (exact) mass is 328 g/mol. The highest BCUT2D eigenvalue weighted by atomic mass is 28.3. The Hall–Kier alpha value is -2.11. The fourth-order valence-electron chi connectivity index (χ4n) is 2.24. The van der Waals surface area contributed by atoms with Crippen LogP contribution in [-0.2, 0) is 4.79 Å². The van der Waals surface area contributed by atoms with Gasteiger partial charge >= 0.3 is 0 Å². The molecule has 1 atom stereocenters. The summed E-state index contributed by atoms with van der Waals surface area (Å²) < 4.78 is 5.11. The van der Waals surface area contributed by atoms with E-state index in [9.17, 15) is 4.79 Å². The van der Waals surface area contributed by atoms with Gasteiger partial charge in [0, 0.05) is 5.69 Å². The maximum atomic E-state index is 12.3. The van der Waals surface area contributed by atoms with Gasteiger partial charge in [-0.2, -0.15) is 0 Å². The summed E-state index contributed by atoms with van der Waals surface area (Å²) in [6.07, 6.45) is 0. The molecule has 5 heteroatoms. The molecule has 2 aromatic carbocycles. The first-order valence-corrected chi connectivity index (χ1v) is 11.1. The average molecular weight is 328 g/mol. The summed E-state index contributed by atoms with van der Waals surface area (Å²) in [6, 6.07) is 14.5. The standard InChI is InChI=1S/C18H24N2O2Si/c1-22-15-9-5-13(6-10-15)17(19)18(21)20-14-7-11-16(12-8-14)23(2,3)4/h5-12,17H,19H2,1-4H3,(H,20,21)/t17-/m1/s1.